The van der Waals surface area contributed by atoms with Gasteiger partial charge in [-0.2, -0.15) is 0 Å². The Balaban J connectivity index is 1.72. The molecular formula is C18H26FNO3. The number of hydrogen-bond acceptors (Lipinski definition) is 3. The zero-order valence-corrected chi connectivity index (χ0v) is 13.9. The van der Waals surface area contributed by atoms with E-state index in [0.717, 1.165) is 19.3 Å². The van der Waals surface area contributed by atoms with Crippen molar-refractivity contribution in [2.75, 3.05) is 19.8 Å². The van der Waals surface area contributed by atoms with E-state index >= 15 is 0 Å². The molecule has 128 valence electrons. The largest absolute Gasteiger partial charge is 0.356 e. The second kappa shape index (κ2) is 8.41. The quantitative estimate of drug-likeness (QED) is 0.748. The molecular weight excluding hydrogens is 297 g/mol. The van der Waals surface area contributed by atoms with Crippen molar-refractivity contribution in [1.82, 2.24) is 5.32 Å². The van der Waals surface area contributed by atoms with Gasteiger partial charge in [-0.25, -0.2) is 4.39 Å². The molecule has 0 radical (unpaired) electrons. The first kappa shape index (κ1) is 17.9. The summed E-state index contributed by atoms with van der Waals surface area (Å²) < 4.78 is 24.8. The zero-order chi connectivity index (χ0) is 16.7. The van der Waals surface area contributed by atoms with Crippen molar-refractivity contribution in [2.45, 2.75) is 45.8 Å². The molecule has 1 aromatic carbocycles. The number of nitrogens with one attached hydrogen (secondary N) is 1. The van der Waals surface area contributed by atoms with Gasteiger partial charge in [0.1, 0.15) is 5.82 Å². The Labute approximate surface area is 137 Å². The molecule has 1 aromatic rings. The van der Waals surface area contributed by atoms with E-state index in [0.29, 0.717) is 25.3 Å². The van der Waals surface area contributed by atoms with Gasteiger partial charge in [-0.1, -0.05) is 32.0 Å². The molecule has 1 atom stereocenters. The molecule has 1 saturated heterocycles. The zero-order valence-electron chi connectivity index (χ0n) is 13.9. The van der Waals surface area contributed by atoms with Gasteiger partial charge in [-0.05, 0) is 30.9 Å². The molecule has 1 fully saturated rings. The van der Waals surface area contributed by atoms with Crippen LogP contribution in [-0.4, -0.2) is 32.0 Å². The fourth-order valence-corrected chi connectivity index (χ4v) is 2.82. The molecule has 1 amide bonds. The smallest absolute Gasteiger partial charge is 0.224 e. The Morgan fingerprint density at radius 1 is 1.35 bits per heavy atom. The summed E-state index contributed by atoms with van der Waals surface area (Å²) in [5.41, 5.74) is 0.392. The van der Waals surface area contributed by atoms with E-state index in [1.807, 2.05) is 0 Å². The van der Waals surface area contributed by atoms with E-state index in [1.165, 1.54) is 6.07 Å². The van der Waals surface area contributed by atoms with Crippen molar-refractivity contribution in [2.24, 2.45) is 5.41 Å². The second-order valence-electron chi connectivity index (χ2n) is 6.30. The van der Waals surface area contributed by atoms with E-state index in [4.69, 9.17) is 9.47 Å². The van der Waals surface area contributed by atoms with Crippen LogP contribution in [0.15, 0.2) is 24.3 Å². The standard InChI is InChI=1S/C18H26FNO3/c1-3-18(2,17-22-11-12-23-17)9-6-10-20-16(21)13-14-7-4-5-8-15(14)19/h4-5,7-8,17H,3,6,9-13H2,1-2H3,(H,20,21)/t18-/m0/s1. The summed E-state index contributed by atoms with van der Waals surface area (Å²) in [5.74, 6) is -0.488. The van der Waals surface area contributed by atoms with Crippen molar-refractivity contribution in [3.8, 4) is 0 Å². The predicted molar refractivity (Wildman–Crippen MR) is 86.4 cm³/mol. The van der Waals surface area contributed by atoms with Crippen LogP contribution in [-0.2, 0) is 20.7 Å². The van der Waals surface area contributed by atoms with Crippen LogP contribution in [0.5, 0.6) is 0 Å². The Morgan fingerprint density at radius 2 is 2.04 bits per heavy atom. The van der Waals surface area contributed by atoms with E-state index in [9.17, 15) is 9.18 Å². The van der Waals surface area contributed by atoms with Crippen LogP contribution in [0, 0.1) is 11.2 Å². The minimum Gasteiger partial charge on any atom is -0.356 e. The number of benzene rings is 1. The topological polar surface area (TPSA) is 47.6 Å². The van der Waals surface area contributed by atoms with Crippen molar-refractivity contribution in [1.29, 1.82) is 0 Å². The van der Waals surface area contributed by atoms with Gasteiger partial charge in [0, 0.05) is 12.0 Å². The molecule has 0 spiro atoms. The molecule has 0 aliphatic carbocycles. The van der Waals surface area contributed by atoms with Gasteiger partial charge >= 0.3 is 0 Å². The van der Waals surface area contributed by atoms with Crippen LogP contribution in [0.4, 0.5) is 4.39 Å². The van der Waals surface area contributed by atoms with Gasteiger partial charge in [-0.3, -0.25) is 4.79 Å². The lowest BCUT2D eigenvalue weighted by Gasteiger charge is -2.33. The van der Waals surface area contributed by atoms with Crippen LogP contribution in [0.2, 0.25) is 0 Å². The third-order valence-corrected chi connectivity index (χ3v) is 4.55. The van der Waals surface area contributed by atoms with Gasteiger partial charge < -0.3 is 14.8 Å². The van der Waals surface area contributed by atoms with Crippen molar-refractivity contribution in [3.63, 3.8) is 0 Å². The molecule has 5 heteroatoms. The van der Waals surface area contributed by atoms with Crippen molar-refractivity contribution in [3.05, 3.63) is 35.6 Å². The molecule has 1 aliphatic heterocycles. The summed E-state index contributed by atoms with van der Waals surface area (Å²) in [6.07, 6.45) is 2.64. The van der Waals surface area contributed by atoms with E-state index < -0.39 is 0 Å². The first-order chi connectivity index (χ1) is 11.0. The molecule has 0 unspecified atom stereocenters. The lowest BCUT2D eigenvalue weighted by atomic mass is 9.82. The van der Waals surface area contributed by atoms with Crippen molar-refractivity contribution < 1.29 is 18.7 Å². The van der Waals surface area contributed by atoms with Gasteiger partial charge in [-0.15, -0.1) is 0 Å². The molecule has 0 aromatic heterocycles. The summed E-state index contributed by atoms with van der Waals surface area (Å²) in [5, 5.41) is 2.86. The maximum atomic E-state index is 13.5. The molecule has 23 heavy (non-hydrogen) atoms. The summed E-state index contributed by atoms with van der Waals surface area (Å²) in [7, 11) is 0. The fourth-order valence-electron chi connectivity index (χ4n) is 2.82. The second-order valence-corrected chi connectivity index (χ2v) is 6.30. The van der Waals surface area contributed by atoms with Gasteiger partial charge in [0.2, 0.25) is 5.91 Å². The summed E-state index contributed by atoms with van der Waals surface area (Å²) >= 11 is 0. The van der Waals surface area contributed by atoms with Crippen LogP contribution in [0.25, 0.3) is 0 Å². The molecule has 1 aliphatic rings. The highest BCUT2D eigenvalue weighted by Gasteiger charge is 2.36. The molecule has 4 nitrogen and oxygen atoms in total. The van der Waals surface area contributed by atoms with Gasteiger partial charge in [0.25, 0.3) is 0 Å². The normalized spacial score (nSPS) is 17.9. The SMILES string of the molecule is CC[C@@](C)(CCCNC(=O)Cc1ccccc1F)C1OCCO1. The monoisotopic (exact) mass is 323 g/mol. The molecule has 0 saturated carbocycles. The molecule has 1 N–H and O–H groups in total. The number of rotatable bonds is 8. The number of carbonyl (C=O) groups excluding carboxylic acids is 1. The number of ether oxygens (including phenoxy) is 2. The predicted octanol–water partition coefficient (Wildman–Crippen LogP) is 3.05. The average Bonchev–Trinajstić information content (AvgIpc) is 3.09. The van der Waals surface area contributed by atoms with Crippen LogP contribution in [0.3, 0.4) is 0 Å². The minimum atomic E-state index is -0.336. The van der Waals surface area contributed by atoms with E-state index in [2.05, 4.69) is 19.2 Å². The van der Waals surface area contributed by atoms with Crippen LogP contribution >= 0.6 is 0 Å². The third kappa shape index (κ3) is 5.01. The molecule has 0 bridgehead atoms. The lowest BCUT2D eigenvalue weighted by Crippen LogP contribution is -2.34. The van der Waals surface area contributed by atoms with Crippen LogP contribution < -0.4 is 5.32 Å². The molecule has 2 rings (SSSR count). The summed E-state index contributed by atoms with van der Waals surface area (Å²) in [6.45, 7) is 6.17. The third-order valence-electron chi connectivity index (χ3n) is 4.55. The minimum absolute atomic E-state index is 0.0350. The highest BCUT2D eigenvalue weighted by atomic mass is 19.1. The number of carbonyl (C=O) groups is 1. The first-order valence-corrected chi connectivity index (χ1v) is 8.28. The summed E-state index contributed by atoms with van der Waals surface area (Å²) in [4.78, 5) is 11.9. The average molecular weight is 323 g/mol. The van der Waals surface area contributed by atoms with Crippen molar-refractivity contribution >= 4 is 5.91 Å². The first-order valence-electron chi connectivity index (χ1n) is 8.28. The van der Waals surface area contributed by atoms with E-state index in [-0.39, 0.29) is 29.9 Å². The maximum Gasteiger partial charge on any atom is 0.224 e. The Morgan fingerprint density at radius 3 is 2.70 bits per heavy atom. The number of hydrogen-bond donors (Lipinski definition) is 1. The number of amides is 1. The van der Waals surface area contributed by atoms with Gasteiger partial charge in [0.15, 0.2) is 6.29 Å². The van der Waals surface area contributed by atoms with E-state index in [1.54, 1.807) is 18.2 Å². The van der Waals surface area contributed by atoms with Crippen LogP contribution in [0.1, 0.15) is 38.7 Å². The highest BCUT2D eigenvalue weighted by Crippen LogP contribution is 2.35. The lowest BCUT2D eigenvalue weighted by molar-refractivity contribution is -0.131. The maximum absolute atomic E-state index is 13.5. The Bertz CT molecular complexity index is 517. The Hall–Kier alpha value is -1.46. The highest BCUT2D eigenvalue weighted by molar-refractivity contribution is 5.78. The fraction of sp³-hybridized carbons (Fsp3) is 0.611. The number of halogens is 1. The summed E-state index contributed by atoms with van der Waals surface area (Å²) in [6, 6.07) is 6.37. The Kier molecular flexibility index (Phi) is 6.54. The van der Waals surface area contributed by atoms with Gasteiger partial charge in [0.05, 0.1) is 19.6 Å². The molecule has 1 heterocycles.